The summed E-state index contributed by atoms with van der Waals surface area (Å²) < 4.78 is 74.4. The van der Waals surface area contributed by atoms with Crippen LogP contribution in [0.15, 0.2) is 29.2 Å². The number of hydrogen-bond donors (Lipinski definition) is 1. The molecule has 0 bridgehead atoms. The molecule has 1 heterocycles. The molecule has 0 spiro atoms. The number of alkyl halides is 3. The number of nitrogens with zero attached hydrogens (tertiary/aromatic N) is 3. The number of benzene rings is 2. The van der Waals surface area contributed by atoms with Gasteiger partial charge in [-0.2, -0.15) is 13.2 Å². The second-order valence-electron chi connectivity index (χ2n) is 12.0. The number of hydrogen-bond acceptors (Lipinski definition) is 7. The number of piperidine rings is 1. The number of amides is 2. The molecule has 1 fully saturated rings. The molecule has 2 N–H and O–H groups in total. The Bertz CT molecular complexity index is 1530. The quantitative estimate of drug-likeness (QED) is 0.355. The summed E-state index contributed by atoms with van der Waals surface area (Å²) in [5.74, 6) is -1.18. The van der Waals surface area contributed by atoms with Gasteiger partial charge in [-0.3, -0.25) is 9.69 Å². The van der Waals surface area contributed by atoms with E-state index in [2.05, 4.69) is 0 Å². The molecule has 0 aromatic heterocycles. The Labute approximate surface area is 262 Å². The van der Waals surface area contributed by atoms with Crippen molar-refractivity contribution in [2.24, 2.45) is 0 Å². The van der Waals surface area contributed by atoms with Gasteiger partial charge in [0.05, 0.1) is 27.5 Å². The van der Waals surface area contributed by atoms with Gasteiger partial charge in [-0.05, 0) is 82.5 Å². The van der Waals surface area contributed by atoms with Crippen LogP contribution in [0.2, 0.25) is 5.02 Å². The van der Waals surface area contributed by atoms with Gasteiger partial charge < -0.3 is 20.3 Å². The molecule has 0 saturated carbocycles. The molecule has 1 aliphatic heterocycles. The van der Waals surface area contributed by atoms with Crippen molar-refractivity contribution in [2.45, 2.75) is 76.7 Å². The van der Waals surface area contributed by atoms with Crippen molar-refractivity contribution in [1.29, 1.82) is 0 Å². The second kappa shape index (κ2) is 13.1. The summed E-state index contributed by atoms with van der Waals surface area (Å²) in [5.41, 5.74) is 3.99. The number of halogens is 4. The van der Waals surface area contributed by atoms with Crippen LogP contribution in [0.5, 0.6) is 0 Å². The van der Waals surface area contributed by atoms with Crippen LogP contribution in [0.3, 0.4) is 0 Å². The number of likely N-dealkylation sites (N-methyl/N-ethyl adjacent to an activating group) is 1. The summed E-state index contributed by atoms with van der Waals surface area (Å²) in [4.78, 5) is 30.3. The Morgan fingerprint density at radius 3 is 2.36 bits per heavy atom. The van der Waals surface area contributed by atoms with Crippen molar-refractivity contribution in [3.8, 4) is 0 Å². The summed E-state index contributed by atoms with van der Waals surface area (Å²) in [6, 6.07) is 4.34. The lowest BCUT2D eigenvalue weighted by molar-refractivity contribution is -0.138. The normalized spacial score (nSPS) is 16.5. The first kappa shape index (κ1) is 35.4. The molecule has 44 heavy (non-hydrogen) atoms. The molecule has 14 heteroatoms. The molecule has 2 aromatic carbocycles. The maximum atomic E-state index is 14.5. The average Bonchev–Trinajstić information content (AvgIpc) is 2.92. The number of ether oxygens (including phenoxy) is 1. The third-order valence-electron chi connectivity index (χ3n) is 7.69. The Kier molecular flexibility index (Phi) is 10.6. The van der Waals surface area contributed by atoms with Crippen molar-refractivity contribution in [3.05, 3.63) is 51.5 Å². The molecule has 1 saturated heterocycles. The predicted octanol–water partition coefficient (Wildman–Crippen LogP) is 6.15. The van der Waals surface area contributed by atoms with Crippen LogP contribution in [0.25, 0.3) is 0 Å². The summed E-state index contributed by atoms with van der Waals surface area (Å²) in [6.07, 6.45) is -4.02. The topological polar surface area (TPSA) is 113 Å². The molecule has 1 aliphatic rings. The fourth-order valence-electron chi connectivity index (χ4n) is 5.17. The lowest BCUT2D eigenvalue weighted by Gasteiger charge is -2.38. The van der Waals surface area contributed by atoms with Crippen molar-refractivity contribution in [2.75, 3.05) is 43.6 Å². The van der Waals surface area contributed by atoms with Gasteiger partial charge >= 0.3 is 12.3 Å². The zero-order valence-electron chi connectivity index (χ0n) is 26.0. The molecule has 2 amide bonds. The molecule has 0 radical (unpaired) electrons. The van der Waals surface area contributed by atoms with E-state index in [0.29, 0.717) is 25.9 Å². The average molecular weight is 661 g/mol. The number of nitrogen functional groups attached to an aromatic ring is 1. The fourth-order valence-corrected chi connectivity index (χ4v) is 6.44. The van der Waals surface area contributed by atoms with Crippen LogP contribution in [0.4, 0.5) is 29.3 Å². The molecule has 9 nitrogen and oxygen atoms in total. The number of carbonyl (C=O) groups is 2. The highest BCUT2D eigenvalue weighted by Crippen LogP contribution is 2.39. The summed E-state index contributed by atoms with van der Waals surface area (Å²) >= 11 is 6.10. The molecular weight excluding hydrogens is 621 g/mol. The van der Waals surface area contributed by atoms with Gasteiger partial charge in [-0.25, -0.2) is 13.2 Å². The minimum Gasteiger partial charge on any atom is -0.444 e. The van der Waals surface area contributed by atoms with Gasteiger partial charge in [0.15, 0.2) is 9.84 Å². The van der Waals surface area contributed by atoms with Crippen molar-refractivity contribution >= 4 is 44.8 Å². The van der Waals surface area contributed by atoms with E-state index in [1.807, 2.05) is 4.90 Å². The van der Waals surface area contributed by atoms with Crippen LogP contribution < -0.4 is 10.6 Å². The Morgan fingerprint density at radius 1 is 1.16 bits per heavy atom. The van der Waals surface area contributed by atoms with Crippen LogP contribution in [-0.4, -0.2) is 74.8 Å². The molecule has 244 valence electrons. The number of rotatable bonds is 7. The molecule has 2 aromatic rings. The molecule has 1 atom stereocenters. The first-order valence-electron chi connectivity index (χ1n) is 14.2. The summed E-state index contributed by atoms with van der Waals surface area (Å²) in [5, 5.41) is 0.141. The fraction of sp³-hybridized carbons (Fsp3) is 0.533. The number of anilines is 2. The van der Waals surface area contributed by atoms with Crippen molar-refractivity contribution < 1.29 is 35.9 Å². The summed E-state index contributed by atoms with van der Waals surface area (Å²) in [7, 11) is -0.937. The second-order valence-corrected chi connectivity index (χ2v) is 14.7. The standard InChI is InChI=1S/C30H40ClF3N4O5S/c1-8-44(41,42)25-12-11-19(31)14-24(25)37(7)27(39)21-15-23(30(32,33)34)22(18(2)26(21)35)17-38-13-9-10-20(16-38)36(6)28(40)43-29(3,4)5/h11-12,14-15,20H,8-10,13,16-17,35H2,1-7H3/t20-/m0/s1. The van der Waals surface area contributed by atoms with E-state index in [9.17, 15) is 31.2 Å². The van der Waals surface area contributed by atoms with E-state index < -0.39 is 44.7 Å². The number of nitrogens with two attached hydrogens (primary N) is 1. The lowest BCUT2D eigenvalue weighted by Crippen LogP contribution is -2.49. The highest BCUT2D eigenvalue weighted by atomic mass is 35.5. The van der Waals surface area contributed by atoms with Gasteiger partial charge in [0.1, 0.15) is 5.60 Å². The summed E-state index contributed by atoms with van der Waals surface area (Å²) in [6.45, 7) is 8.84. The first-order valence-corrected chi connectivity index (χ1v) is 16.2. The van der Waals surface area contributed by atoms with Gasteiger partial charge in [0.2, 0.25) is 0 Å². The molecule has 0 aliphatic carbocycles. The number of likely N-dealkylation sites (tertiary alicyclic amines) is 1. The predicted molar refractivity (Wildman–Crippen MR) is 165 cm³/mol. The van der Waals surface area contributed by atoms with E-state index in [0.717, 1.165) is 11.0 Å². The van der Waals surface area contributed by atoms with Crippen LogP contribution in [-0.2, 0) is 27.3 Å². The SMILES string of the molecule is CCS(=O)(=O)c1ccc(Cl)cc1N(C)C(=O)c1cc(C(F)(F)F)c(CN2CCC[C@H](N(C)C(=O)OC(C)(C)C)C2)c(C)c1N. The monoisotopic (exact) mass is 660 g/mol. The first-order chi connectivity index (χ1) is 20.2. The van der Waals surface area contributed by atoms with E-state index in [4.69, 9.17) is 22.1 Å². The largest absolute Gasteiger partial charge is 0.444 e. The minimum absolute atomic E-state index is 0.0764. The Morgan fingerprint density at radius 2 is 1.80 bits per heavy atom. The maximum absolute atomic E-state index is 14.5. The van der Waals surface area contributed by atoms with E-state index in [1.54, 1.807) is 27.8 Å². The van der Waals surface area contributed by atoms with Crippen molar-refractivity contribution in [3.63, 3.8) is 0 Å². The van der Waals surface area contributed by atoms with E-state index in [1.165, 1.54) is 44.0 Å². The third-order valence-corrected chi connectivity index (χ3v) is 9.70. The molecule has 3 rings (SSSR count). The Balaban J connectivity index is 1.99. The Hall–Kier alpha value is -3.03. The number of sulfone groups is 1. The molecular formula is C30H40ClF3N4O5S. The highest BCUT2D eigenvalue weighted by Gasteiger charge is 2.38. The minimum atomic E-state index is -4.82. The maximum Gasteiger partial charge on any atom is 0.416 e. The zero-order valence-corrected chi connectivity index (χ0v) is 27.6. The molecule has 0 unspecified atom stereocenters. The van der Waals surface area contributed by atoms with Gasteiger partial charge in [0, 0.05) is 43.9 Å². The third kappa shape index (κ3) is 7.97. The van der Waals surface area contributed by atoms with Gasteiger partial charge in [-0.15, -0.1) is 0 Å². The van der Waals surface area contributed by atoms with Crippen molar-refractivity contribution in [1.82, 2.24) is 9.80 Å². The lowest BCUT2D eigenvalue weighted by atomic mass is 9.93. The van der Waals surface area contributed by atoms with Gasteiger partial charge in [0.25, 0.3) is 5.91 Å². The van der Waals surface area contributed by atoms with Gasteiger partial charge in [-0.1, -0.05) is 18.5 Å². The highest BCUT2D eigenvalue weighted by molar-refractivity contribution is 7.91. The van der Waals surface area contributed by atoms with E-state index in [-0.39, 0.29) is 50.8 Å². The van der Waals surface area contributed by atoms with Crippen LogP contribution >= 0.6 is 11.6 Å². The zero-order chi connectivity index (χ0) is 33.4. The van der Waals surface area contributed by atoms with Crippen LogP contribution in [0, 0.1) is 6.92 Å². The smallest absolute Gasteiger partial charge is 0.416 e. The number of carbonyl (C=O) groups excluding carboxylic acids is 2. The van der Waals surface area contributed by atoms with E-state index >= 15 is 0 Å². The van der Waals surface area contributed by atoms with Crippen LogP contribution in [0.1, 0.15) is 67.6 Å².